The minimum absolute atomic E-state index is 0.0956. The Morgan fingerprint density at radius 1 is 1.61 bits per heavy atom. The zero-order chi connectivity index (χ0) is 13.3. The van der Waals surface area contributed by atoms with E-state index in [2.05, 4.69) is 5.32 Å². The van der Waals surface area contributed by atoms with Crippen LogP contribution in [0.2, 0.25) is 5.02 Å². The monoisotopic (exact) mass is 273 g/mol. The summed E-state index contributed by atoms with van der Waals surface area (Å²) in [7, 11) is 0. The van der Waals surface area contributed by atoms with Gasteiger partial charge >= 0.3 is 0 Å². The van der Waals surface area contributed by atoms with Crippen LogP contribution in [0.4, 0.5) is 15.8 Å². The standard InChI is InChI=1S/C11H13ClFN3O2/c1-7-6-15(3-2-14-7)10-4-8(12)9(13)5-11(10)16(17)18/h4-5,7,14H,2-3,6H2,1H3/t7-/m0/s1. The van der Waals surface area contributed by atoms with Gasteiger partial charge in [-0.2, -0.15) is 0 Å². The molecule has 1 aliphatic rings. The number of piperazine rings is 1. The van der Waals surface area contributed by atoms with E-state index in [0.29, 0.717) is 18.8 Å². The van der Waals surface area contributed by atoms with E-state index >= 15 is 0 Å². The predicted molar refractivity (Wildman–Crippen MR) is 67.7 cm³/mol. The first-order chi connectivity index (χ1) is 8.49. The van der Waals surface area contributed by atoms with Crippen molar-refractivity contribution in [3.8, 4) is 0 Å². The first-order valence-corrected chi connectivity index (χ1v) is 5.98. The highest BCUT2D eigenvalue weighted by Gasteiger charge is 2.25. The van der Waals surface area contributed by atoms with Crippen molar-refractivity contribution in [1.29, 1.82) is 0 Å². The molecule has 1 aliphatic heterocycles. The summed E-state index contributed by atoms with van der Waals surface area (Å²) in [6.07, 6.45) is 0. The maximum Gasteiger partial charge on any atom is 0.295 e. The van der Waals surface area contributed by atoms with Crippen molar-refractivity contribution in [2.24, 2.45) is 0 Å². The van der Waals surface area contributed by atoms with Gasteiger partial charge in [0, 0.05) is 25.7 Å². The third-order valence-electron chi connectivity index (χ3n) is 2.92. The molecule has 0 aliphatic carbocycles. The number of nitro benzene ring substituents is 1. The van der Waals surface area contributed by atoms with E-state index in [9.17, 15) is 14.5 Å². The second-order valence-electron chi connectivity index (χ2n) is 4.31. The summed E-state index contributed by atoms with van der Waals surface area (Å²) in [5.41, 5.74) is 0.130. The number of nitro groups is 1. The number of anilines is 1. The van der Waals surface area contributed by atoms with Gasteiger partial charge in [-0.1, -0.05) is 11.6 Å². The van der Waals surface area contributed by atoms with E-state index in [0.717, 1.165) is 12.6 Å². The highest BCUT2D eigenvalue weighted by Crippen LogP contribution is 2.33. The minimum atomic E-state index is -0.768. The summed E-state index contributed by atoms with van der Waals surface area (Å²) in [6, 6.07) is 2.43. The molecule has 0 spiro atoms. The van der Waals surface area contributed by atoms with E-state index in [1.165, 1.54) is 6.07 Å². The summed E-state index contributed by atoms with van der Waals surface area (Å²) in [5, 5.41) is 14.1. The van der Waals surface area contributed by atoms with E-state index in [1.54, 1.807) is 0 Å². The van der Waals surface area contributed by atoms with Crippen LogP contribution in [0.15, 0.2) is 12.1 Å². The van der Waals surface area contributed by atoms with Crippen LogP contribution in [0.5, 0.6) is 0 Å². The van der Waals surface area contributed by atoms with Crippen LogP contribution in [-0.2, 0) is 0 Å². The molecule has 1 atom stereocenters. The lowest BCUT2D eigenvalue weighted by molar-refractivity contribution is -0.384. The fourth-order valence-corrected chi connectivity index (χ4v) is 2.23. The van der Waals surface area contributed by atoms with Gasteiger partial charge in [0.25, 0.3) is 5.69 Å². The van der Waals surface area contributed by atoms with Crippen molar-refractivity contribution in [1.82, 2.24) is 5.32 Å². The Balaban J connectivity index is 2.41. The molecule has 1 fully saturated rings. The molecule has 5 nitrogen and oxygen atoms in total. The third-order valence-corrected chi connectivity index (χ3v) is 3.21. The lowest BCUT2D eigenvalue weighted by Gasteiger charge is -2.33. The molecule has 0 unspecified atom stereocenters. The number of hydrogen-bond acceptors (Lipinski definition) is 4. The van der Waals surface area contributed by atoms with Crippen LogP contribution < -0.4 is 10.2 Å². The number of rotatable bonds is 2. The zero-order valence-electron chi connectivity index (χ0n) is 9.82. The first kappa shape index (κ1) is 13.0. The molecule has 98 valence electrons. The van der Waals surface area contributed by atoms with E-state index in [4.69, 9.17) is 11.6 Å². The minimum Gasteiger partial charge on any atom is -0.363 e. The van der Waals surface area contributed by atoms with Crippen LogP contribution >= 0.6 is 11.6 Å². The molecule has 0 bridgehead atoms. The van der Waals surface area contributed by atoms with Crippen molar-refractivity contribution in [3.05, 3.63) is 33.1 Å². The number of benzene rings is 1. The highest BCUT2D eigenvalue weighted by atomic mass is 35.5. The Hall–Kier alpha value is -1.40. The Morgan fingerprint density at radius 3 is 2.94 bits per heavy atom. The molecular weight excluding hydrogens is 261 g/mol. The zero-order valence-corrected chi connectivity index (χ0v) is 10.6. The molecule has 0 aromatic heterocycles. The lowest BCUT2D eigenvalue weighted by Crippen LogP contribution is -2.49. The van der Waals surface area contributed by atoms with E-state index in [-0.39, 0.29) is 16.8 Å². The smallest absolute Gasteiger partial charge is 0.295 e. The first-order valence-electron chi connectivity index (χ1n) is 5.61. The number of nitrogens with one attached hydrogen (secondary N) is 1. The lowest BCUT2D eigenvalue weighted by atomic mass is 10.2. The van der Waals surface area contributed by atoms with Gasteiger partial charge in [-0.25, -0.2) is 4.39 Å². The van der Waals surface area contributed by atoms with E-state index in [1.807, 2.05) is 11.8 Å². The number of nitrogens with zero attached hydrogens (tertiary/aromatic N) is 2. The van der Waals surface area contributed by atoms with Gasteiger partial charge < -0.3 is 10.2 Å². The Labute approximate surface area is 109 Å². The molecule has 1 N–H and O–H groups in total. The van der Waals surface area contributed by atoms with Crippen LogP contribution in [0, 0.1) is 15.9 Å². The highest BCUT2D eigenvalue weighted by molar-refractivity contribution is 6.31. The third kappa shape index (κ3) is 2.54. The molecule has 2 rings (SSSR count). The maximum atomic E-state index is 13.3. The molecular formula is C11H13ClFN3O2. The molecule has 0 radical (unpaired) electrons. The summed E-state index contributed by atoms with van der Waals surface area (Å²) in [6.45, 7) is 3.98. The Bertz CT molecular complexity index is 484. The quantitative estimate of drug-likeness (QED) is 0.663. The van der Waals surface area contributed by atoms with Crippen LogP contribution in [0.3, 0.4) is 0 Å². The van der Waals surface area contributed by atoms with Crippen molar-refractivity contribution >= 4 is 23.0 Å². The Morgan fingerprint density at radius 2 is 2.33 bits per heavy atom. The molecule has 7 heteroatoms. The van der Waals surface area contributed by atoms with Crippen molar-refractivity contribution in [2.45, 2.75) is 13.0 Å². The maximum absolute atomic E-state index is 13.3. The molecule has 0 amide bonds. The van der Waals surface area contributed by atoms with Crippen LogP contribution in [0.25, 0.3) is 0 Å². The number of halogens is 2. The van der Waals surface area contributed by atoms with Crippen molar-refractivity contribution < 1.29 is 9.31 Å². The SMILES string of the molecule is C[C@H]1CN(c2cc(Cl)c(F)cc2[N+](=O)[O-])CCN1. The molecule has 1 heterocycles. The van der Waals surface area contributed by atoms with Crippen LogP contribution in [-0.4, -0.2) is 30.6 Å². The molecule has 1 aromatic carbocycles. The van der Waals surface area contributed by atoms with Crippen LogP contribution in [0.1, 0.15) is 6.92 Å². The second-order valence-corrected chi connectivity index (χ2v) is 4.72. The summed E-state index contributed by atoms with van der Waals surface area (Å²) in [5.74, 6) is -0.768. The van der Waals surface area contributed by atoms with Crippen molar-refractivity contribution in [2.75, 3.05) is 24.5 Å². The molecule has 0 saturated carbocycles. The predicted octanol–water partition coefficient (Wildman–Crippen LogP) is 2.19. The Kier molecular flexibility index (Phi) is 3.68. The van der Waals surface area contributed by atoms with Gasteiger partial charge in [0.1, 0.15) is 11.5 Å². The normalized spacial score (nSPS) is 19.9. The van der Waals surface area contributed by atoms with Gasteiger partial charge in [-0.05, 0) is 13.0 Å². The van der Waals surface area contributed by atoms with Gasteiger partial charge in [0.2, 0.25) is 0 Å². The fourth-order valence-electron chi connectivity index (χ4n) is 2.08. The van der Waals surface area contributed by atoms with Gasteiger partial charge in [0.15, 0.2) is 0 Å². The topological polar surface area (TPSA) is 58.4 Å². The largest absolute Gasteiger partial charge is 0.363 e. The molecule has 1 aromatic rings. The second kappa shape index (κ2) is 5.07. The fraction of sp³-hybridized carbons (Fsp3) is 0.455. The molecule has 18 heavy (non-hydrogen) atoms. The summed E-state index contributed by atoms with van der Waals surface area (Å²) < 4.78 is 13.3. The number of hydrogen-bond donors (Lipinski definition) is 1. The van der Waals surface area contributed by atoms with Gasteiger partial charge in [-0.3, -0.25) is 10.1 Å². The van der Waals surface area contributed by atoms with Crippen molar-refractivity contribution in [3.63, 3.8) is 0 Å². The van der Waals surface area contributed by atoms with Gasteiger partial charge in [-0.15, -0.1) is 0 Å². The molecule has 1 saturated heterocycles. The summed E-state index contributed by atoms with van der Waals surface area (Å²) in [4.78, 5) is 12.2. The van der Waals surface area contributed by atoms with E-state index < -0.39 is 10.7 Å². The van der Waals surface area contributed by atoms with Gasteiger partial charge in [0.05, 0.1) is 16.0 Å². The summed E-state index contributed by atoms with van der Waals surface area (Å²) >= 11 is 5.71. The average Bonchev–Trinajstić information content (AvgIpc) is 2.31. The average molecular weight is 274 g/mol.